The number of carboxylic acid groups (broad SMARTS) is 1. The molecule has 2 aromatic rings. The minimum atomic E-state index is -1.75. The van der Waals surface area contributed by atoms with Crippen LogP contribution in [0.5, 0.6) is 5.75 Å². The molecule has 0 aliphatic rings. The lowest BCUT2D eigenvalue weighted by molar-refractivity contribution is -0.141. The van der Waals surface area contributed by atoms with E-state index >= 15 is 0 Å². The summed E-state index contributed by atoms with van der Waals surface area (Å²) in [6.07, 6.45) is -0.932. The summed E-state index contributed by atoms with van der Waals surface area (Å²) >= 11 is 0. The number of aliphatic hydroxyl groups excluding tert-OH is 1. The molecule has 19 nitrogen and oxygen atoms in total. The number of primary amides is 1. The van der Waals surface area contributed by atoms with Crippen LogP contribution in [0.3, 0.4) is 0 Å². The number of carbonyl (C=O) groups is 8. The van der Waals surface area contributed by atoms with E-state index in [2.05, 4.69) is 31.9 Å². The Balaban J connectivity index is 2.25. The fraction of sp³-hybridized carbons (Fsp3) is 0.474. The van der Waals surface area contributed by atoms with Gasteiger partial charge in [-0.15, -0.1) is 0 Å². The van der Waals surface area contributed by atoms with Crippen LogP contribution in [0, 0.1) is 11.8 Å². The van der Waals surface area contributed by atoms with Crippen molar-refractivity contribution >= 4 is 47.3 Å². The zero-order valence-corrected chi connectivity index (χ0v) is 32.5. The summed E-state index contributed by atoms with van der Waals surface area (Å²) in [5.41, 5.74) is 12.5. The number of phenols is 1. The molecular weight excluding hydrogens is 744 g/mol. The van der Waals surface area contributed by atoms with Gasteiger partial charge in [0.25, 0.3) is 0 Å². The Morgan fingerprint density at radius 1 is 0.579 bits per heavy atom. The lowest BCUT2D eigenvalue weighted by Gasteiger charge is -2.29. The van der Waals surface area contributed by atoms with Gasteiger partial charge < -0.3 is 58.7 Å². The van der Waals surface area contributed by atoms with Gasteiger partial charge in [-0.25, -0.2) is 0 Å². The number of nitrogens with two attached hydrogens (primary N) is 2. The van der Waals surface area contributed by atoms with Crippen LogP contribution in [0.15, 0.2) is 54.6 Å². The summed E-state index contributed by atoms with van der Waals surface area (Å²) in [6.45, 7) is 6.91. The summed E-state index contributed by atoms with van der Waals surface area (Å²) in [5, 5.41) is 43.2. The molecule has 0 aliphatic heterocycles. The first kappa shape index (κ1) is 47.1. The van der Waals surface area contributed by atoms with E-state index in [4.69, 9.17) is 11.5 Å². The van der Waals surface area contributed by atoms with Crippen molar-refractivity contribution in [1.82, 2.24) is 31.9 Å². The Bertz CT molecular complexity index is 1720. The SMILES string of the molecule is CC(C)[C@H](NC(=O)[C@H](CC(=O)O)NC(=O)[C@H](Cc1ccccc1)NC(=O)[C@@H](C)NC(=O)[C@@H](N)Cc1ccc(O)cc1)C(=O)N[C@H](C(=O)N[C@H](CO)C(N)=O)C(C)C. The van der Waals surface area contributed by atoms with Crippen molar-refractivity contribution in [2.75, 3.05) is 6.61 Å². The van der Waals surface area contributed by atoms with Crippen LogP contribution in [0.1, 0.15) is 52.2 Å². The van der Waals surface area contributed by atoms with Crippen LogP contribution in [0.2, 0.25) is 0 Å². The van der Waals surface area contributed by atoms with E-state index in [9.17, 15) is 53.7 Å². The van der Waals surface area contributed by atoms with E-state index in [1.807, 2.05) is 0 Å². The average molecular weight is 799 g/mol. The number of hydrogen-bond donors (Lipinski definition) is 11. The third-order valence-corrected chi connectivity index (χ3v) is 8.74. The monoisotopic (exact) mass is 798 g/mol. The zero-order valence-electron chi connectivity index (χ0n) is 32.5. The summed E-state index contributed by atoms with van der Waals surface area (Å²) in [6, 6.07) is 5.12. The average Bonchev–Trinajstić information content (AvgIpc) is 3.14. The molecule has 0 unspecified atom stereocenters. The smallest absolute Gasteiger partial charge is 0.305 e. The zero-order chi connectivity index (χ0) is 43.0. The molecule has 0 fully saturated rings. The predicted octanol–water partition coefficient (Wildman–Crippen LogP) is -2.30. The summed E-state index contributed by atoms with van der Waals surface area (Å²) in [7, 11) is 0. The Morgan fingerprint density at radius 3 is 1.56 bits per heavy atom. The molecule has 0 saturated carbocycles. The third kappa shape index (κ3) is 15.5. The van der Waals surface area contributed by atoms with Crippen molar-refractivity contribution in [1.29, 1.82) is 0 Å². The molecule has 0 bridgehead atoms. The lowest BCUT2D eigenvalue weighted by atomic mass is 9.98. The van der Waals surface area contributed by atoms with Crippen molar-refractivity contribution in [2.45, 2.75) is 96.2 Å². The van der Waals surface area contributed by atoms with Crippen molar-refractivity contribution in [3.8, 4) is 5.75 Å². The maximum Gasteiger partial charge on any atom is 0.305 e. The molecule has 57 heavy (non-hydrogen) atoms. The first-order valence-corrected chi connectivity index (χ1v) is 18.3. The number of nitrogens with one attached hydrogen (secondary N) is 6. The van der Waals surface area contributed by atoms with Gasteiger partial charge in [0.15, 0.2) is 0 Å². The van der Waals surface area contributed by atoms with Crippen molar-refractivity contribution in [3.63, 3.8) is 0 Å². The Morgan fingerprint density at radius 2 is 1.05 bits per heavy atom. The van der Waals surface area contributed by atoms with E-state index in [0.29, 0.717) is 11.1 Å². The van der Waals surface area contributed by atoms with Gasteiger partial charge in [-0.1, -0.05) is 70.2 Å². The number of carboxylic acids is 1. The van der Waals surface area contributed by atoms with Gasteiger partial charge in [-0.2, -0.15) is 0 Å². The quantitative estimate of drug-likeness (QED) is 0.0599. The fourth-order valence-corrected chi connectivity index (χ4v) is 5.41. The van der Waals surface area contributed by atoms with Crippen LogP contribution in [-0.2, 0) is 51.2 Å². The number of benzene rings is 2. The third-order valence-electron chi connectivity index (χ3n) is 8.74. The minimum Gasteiger partial charge on any atom is -0.508 e. The lowest BCUT2D eigenvalue weighted by Crippen LogP contribution is -2.61. The standard InChI is InChI=1S/C38H54N8O11/c1-19(2)30(37(56)44-28(18-47)32(40)51)46-38(57)31(20(3)4)45-36(55)27(17-29(49)50)43-35(54)26(16-22-9-7-6-8-10-22)42-33(52)21(5)41-34(53)25(39)15-23-11-13-24(48)14-12-23/h6-14,19-21,25-28,30-31,47-48H,15-18,39H2,1-5H3,(H2,40,51)(H,41,53)(H,42,52)(H,43,54)(H,44,56)(H,45,55)(H,46,57)(H,49,50)/t21-,25+,26+,27+,28-,30+,31+/m1/s1. The fourth-order valence-electron chi connectivity index (χ4n) is 5.41. The van der Waals surface area contributed by atoms with E-state index < -0.39 is 114 Å². The molecule has 0 aromatic heterocycles. The second kappa shape index (κ2) is 22.5. The van der Waals surface area contributed by atoms with E-state index in [-0.39, 0.29) is 18.6 Å². The van der Waals surface area contributed by atoms with Gasteiger partial charge >= 0.3 is 5.97 Å². The number of aromatic hydroxyl groups is 1. The van der Waals surface area contributed by atoms with Gasteiger partial charge in [0.2, 0.25) is 41.4 Å². The summed E-state index contributed by atoms with van der Waals surface area (Å²) in [4.78, 5) is 103. The number of aliphatic carboxylic acids is 1. The highest BCUT2D eigenvalue weighted by molar-refractivity contribution is 5.98. The highest BCUT2D eigenvalue weighted by Gasteiger charge is 2.35. The molecule has 19 heteroatoms. The molecule has 0 spiro atoms. The number of aliphatic hydroxyl groups is 1. The minimum absolute atomic E-state index is 0.0369. The molecule has 0 aliphatic carbocycles. The number of carbonyl (C=O) groups excluding carboxylic acids is 7. The van der Waals surface area contributed by atoms with Gasteiger partial charge in [-0.05, 0) is 48.4 Å². The Labute approximate surface area is 330 Å². The van der Waals surface area contributed by atoms with E-state index in [0.717, 1.165) is 0 Å². The topological polar surface area (TPSA) is 321 Å². The Kier molecular flexibility index (Phi) is 18.6. The van der Waals surface area contributed by atoms with E-state index in [1.165, 1.54) is 19.1 Å². The van der Waals surface area contributed by atoms with Gasteiger partial charge in [0, 0.05) is 6.42 Å². The number of amides is 7. The van der Waals surface area contributed by atoms with Crippen molar-refractivity contribution < 1.29 is 53.7 Å². The predicted molar refractivity (Wildman–Crippen MR) is 205 cm³/mol. The molecular formula is C38H54N8O11. The highest BCUT2D eigenvalue weighted by Crippen LogP contribution is 2.12. The molecule has 2 rings (SSSR count). The molecule has 0 radical (unpaired) electrons. The number of rotatable bonds is 22. The van der Waals surface area contributed by atoms with Gasteiger partial charge in [-0.3, -0.25) is 38.4 Å². The molecule has 7 atom stereocenters. The number of hydrogen-bond acceptors (Lipinski definition) is 11. The van der Waals surface area contributed by atoms with Crippen molar-refractivity contribution in [3.05, 3.63) is 65.7 Å². The van der Waals surface area contributed by atoms with Gasteiger partial charge in [0.1, 0.15) is 42.0 Å². The van der Waals surface area contributed by atoms with Gasteiger partial charge in [0.05, 0.1) is 19.1 Å². The first-order valence-electron chi connectivity index (χ1n) is 18.3. The summed E-state index contributed by atoms with van der Waals surface area (Å²) in [5.74, 6) is -8.78. The van der Waals surface area contributed by atoms with Crippen LogP contribution in [-0.4, -0.2) is 112 Å². The largest absolute Gasteiger partial charge is 0.508 e. The highest BCUT2D eigenvalue weighted by atomic mass is 16.4. The molecule has 312 valence electrons. The molecule has 7 amide bonds. The van der Waals surface area contributed by atoms with Crippen LogP contribution >= 0.6 is 0 Å². The second-order valence-electron chi connectivity index (χ2n) is 14.2. The molecule has 0 heterocycles. The summed E-state index contributed by atoms with van der Waals surface area (Å²) < 4.78 is 0. The second-order valence-corrected chi connectivity index (χ2v) is 14.2. The van der Waals surface area contributed by atoms with Crippen LogP contribution in [0.25, 0.3) is 0 Å². The first-order chi connectivity index (χ1) is 26.7. The molecule has 0 saturated heterocycles. The maximum absolute atomic E-state index is 13.8. The normalized spacial score (nSPS) is 14.8. The van der Waals surface area contributed by atoms with Crippen LogP contribution in [0.4, 0.5) is 0 Å². The maximum atomic E-state index is 13.8. The van der Waals surface area contributed by atoms with Crippen LogP contribution < -0.4 is 43.4 Å². The Hall–Kier alpha value is -6.08. The molecule has 13 N–H and O–H groups in total. The van der Waals surface area contributed by atoms with Crippen molar-refractivity contribution in [2.24, 2.45) is 23.3 Å². The molecule has 2 aromatic carbocycles. The van der Waals surface area contributed by atoms with E-state index in [1.54, 1.807) is 70.2 Å². The number of phenolic OH excluding ortho intramolecular Hbond substituents is 1.